The molecule has 41 heavy (non-hydrogen) atoms. The van der Waals surface area contributed by atoms with Crippen molar-refractivity contribution in [1.82, 2.24) is 4.90 Å². The summed E-state index contributed by atoms with van der Waals surface area (Å²) in [6.07, 6.45) is -2.19. The first-order valence-electron chi connectivity index (χ1n) is 13.3. The van der Waals surface area contributed by atoms with Crippen LogP contribution in [-0.2, 0) is 23.9 Å². The molecular formula is C32H29F3N2O4. The molecule has 1 aliphatic rings. The number of rotatable bonds is 7. The summed E-state index contributed by atoms with van der Waals surface area (Å²) in [4.78, 5) is 27.8. The molecule has 4 aromatic rings. The van der Waals surface area contributed by atoms with Crippen LogP contribution >= 0.6 is 0 Å². The minimum atomic E-state index is -4.43. The molecule has 0 spiro atoms. The first kappa shape index (κ1) is 28.2. The van der Waals surface area contributed by atoms with Gasteiger partial charge in [-0.25, -0.2) is 4.79 Å². The molecule has 5 rings (SSSR count). The van der Waals surface area contributed by atoms with Gasteiger partial charge in [-0.15, -0.1) is 0 Å². The molecule has 1 aliphatic heterocycles. The maximum absolute atomic E-state index is 13.3. The minimum absolute atomic E-state index is 0.140. The number of halogens is 3. The number of carbonyl (C=O) groups is 2. The van der Waals surface area contributed by atoms with Crippen LogP contribution in [0.5, 0.6) is 0 Å². The standard InChI is InChI=1S/C32H29F3N2O4/c1-3-40-31(39)28-15-17-41-29(28)20(2)37-16-14-22-18-25(13-10-23(22)19-37)36-30(38)27-7-5-4-6-26(27)21-8-11-24(12-9-21)32(33,34)35/h4-13,15,17-18,20H,3,14,16,19H2,1-2H3,(H,36,38). The molecule has 0 bridgehead atoms. The Morgan fingerprint density at radius 1 is 1.00 bits per heavy atom. The Kier molecular flexibility index (Phi) is 7.99. The van der Waals surface area contributed by atoms with Crippen LogP contribution in [0.4, 0.5) is 18.9 Å². The molecule has 0 saturated carbocycles. The van der Waals surface area contributed by atoms with E-state index in [1.165, 1.54) is 18.4 Å². The maximum atomic E-state index is 13.3. The van der Waals surface area contributed by atoms with E-state index < -0.39 is 17.7 Å². The van der Waals surface area contributed by atoms with Crippen molar-refractivity contribution in [1.29, 1.82) is 0 Å². The fourth-order valence-corrected chi connectivity index (χ4v) is 5.14. The SMILES string of the molecule is CCOC(=O)c1ccoc1C(C)N1CCc2cc(NC(=O)c3ccccc3-c3ccc(C(F)(F)F)cc3)ccc2C1. The van der Waals surface area contributed by atoms with Crippen LogP contribution in [-0.4, -0.2) is 29.9 Å². The minimum Gasteiger partial charge on any atom is -0.467 e. The molecule has 6 nitrogen and oxygen atoms in total. The molecule has 1 aromatic heterocycles. The average Bonchev–Trinajstić information content (AvgIpc) is 3.46. The number of furan rings is 1. The van der Waals surface area contributed by atoms with Gasteiger partial charge in [0.1, 0.15) is 11.3 Å². The highest BCUT2D eigenvalue weighted by atomic mass is 19.4. The summed E-state index contributed by atoms with van der Waals surface area (Å²) in [5, 5.41) is 2.94. The van der Waals surface area contributed by atoms with Gasteiger partial charge in [0.15, 0.2) is 0 Å². The number of anilines is 1. The smallest absolute Gasteiger partial charge is 0.416 e. The van der Waals surface area contributed by atoms with Crippen LogP contribution in [0.3, 0.4) is 0 Å². The third-order valence-corrected chi connectivity index (χ3v) is 7.32. The van der Waals surface area contributed by atoms with E-state index in [2.05, 4.69) is 10.2 Å². The molecule has 1 atom stereocenters. The van der Waals surface area contributed by atoms with Gasteiger partial charge in [0.05, 0.1) is 24.5 Å². The average molecular weight is 563 g/mol. The molecule has 3 aromatic carbocycles. The van der Waals surface area contributed by atoms with Crippen LogP contribution < -0.4 is 5.32 Å². The second-order valence-corrected chi connectivity index (χ2v) is 9.87. The number of carbonyl (C=O) groups excluding carboxylic acids is 2. The zero-order valence-electron chi connectivity index (χ0n) is 22.6. The lowest BCUT2D eigenvalue weighted by Gasteiger charge is -2.33. The largest absolute Gasteiger partial charge is 0.467 e. The Balaban J connectivity index is 1.30. The predicted molar refractivity (Wildman–Crippen MR) is 148 cm³/mol. The fraction of sp³-hybridized carbons (Fsp3) is 0.250. The Bertz CT molecular complexity index is 1560. The highest BCUT2D eigenvalue weighted by Crippen LogP contribution is 2.33. The van der Waals surface area contributed by atoms with Crippen LogP contribution in [0.15, 0.2) is 83.5 Å². The Hall–Kier alpha value is -4.37. The van der Waals surface area contributed by atoms with Gasteiger partial charge in [0.25, 0.3) is 5.91 Å². The van der Waals surface area contributed by atoms with Gasteiger partial charge < -0.3 is 14.5 Å². The fourth-order valence-electron chi connectivity index (χ4n) is 5.14. The van der Waals surface area contributed by atoms with Crippen molar-refractivity contribution < 1.29 is 31.9 Å². The molecule has 1 amide bonds. The lowest BCUT2D eigenvalue weighted by Crippen LogP contribution is -2.33. The van der Waals surface area contributed by atoms with Crippen molar-refractivity contribution in [3.8, 4) is 11.1 Å². The number of hydrogen-bond donors (Lipinski definition) is 1. The third kappa shape index (κ3) is 6.05. The molecule has 0 saturated heterocycles. The number of alkyl halides is 3. The van der Waals surface area contributed by atoms with Gasteiger partial charge in [-0.05, 0) is 78.9 Å². The quantitative estimate of drug-likeness (QED) is 0.236. The predicted octanol–water partition coefficient (Wildman–Crippen LogP) is 7.51. The molecule has 1 unspecified atom stereocenters. The first-order valence-corrected chi connectivity index (χ1v) is 13.3. The van der Waals surface area contributed by atoms with Crippen LogP contribution in [0.2, 0.25) is 0 Å². The second-order valence-electron chi connectivity index (χ2n) is 9.87. The Morgan fingerprint density at radius 3 is 2.49 bits per heavy atom. The summed E-state index contributed by atoms with van der Waals surface area (Å²) in [5.41, 5.74) is 3.96. The van der Waals surface area contributed by atoms with E-state index in [0.29, 0.717) is 40.2 Å². The lowest BCUT2D eigenvalue weighted by atomic mass is 9.96. The number of hydrogen-bond acceptors (Lipinski definition) is 5. The van der Waals surface area contributed by atoms with E-state index in [9.17, 15) is 22.8 Å². The molecule has 2 heterocycles. The summed E-state index contributed by atoms with van der Waals surface area (Å²) in [5.74, 6) is -0.181. The molecule has 0 radical (unpaired) electrons. The van der Waals surface area contributed by atoms with Crippen LogP contribution in [0.25, 0.3) is 11.1 Å². The second kappa shape index (κ2) is 11.6. The molecule has 0 aliphatic carbocycles. The van der Waals surface area contributed by atoms with Gasteiger partial charge >= 0.3 is 12.1 Å². The van der Waals surface area contributed by atoms with Gasteiger partial charge in [0.2, 0.25) is 0 Å². The van der Waals surface area contributed by atoms with E-state index in [1.54, 1.807) is 37.3 Å². The van der Waals surface area contributed by atoms with Gasteiger partial charge in [0, 0.05) is 24.3 Å². The molecular weight excluding hydrogens is 533 g/mol. The summed E-state index contributed by atoms with van der Waals surface area (Å²) < 4.78 is 49.8. The van der Waals surface area contributed by atoms with Gasteiger partial charge in [-0.2, -0.15) is 13.2 Å². The molecule has 0 fully saturated rings. The van der Waals surface area contributed by atoms with Crippen LogP contribution in [0, 0.1) is 0 Å². The zero-order chi connectivity index (χ0) is 29.1. The van der Waals surface area contributed by atoms with E-state index in [0.717, 1.165) is 36.2 Å². The zero-order valence-corrected chi connectivity index (χ0v) is 22.6. The lowest BCUT2D eigenvalue weighted by molar-refractivity contribution is -0.137. The van der Waals surface area contributed by atoms with Crippen molar-refractivity contribution in [3.63, 3.8) is 0 Å². The number of nitrogens with zero attached hydrogens (tertiary/aromatic N) is 1. The van der Waals surface area contributed by atoms with Crippen LogP contribution in [0.1, 0.15) is 63.1 Å². The summed E-state index contributed by atoms with van der Waals surface area (Å²) >= 11 is 0. The number of esters is 1. The highest BCUT2D eigenvalue weighted by Gasteiger charge is 2.30. The topological polar surface area (TPSA) is 71.8 Å². The van der Waals surface area contributed by atoms with Crippen molar-refractivity contribution in [3.05, 3.63) is 113 Å². The van der Waals surface area contributed by atoms with Crippen molar-refractivity contribution in [2.75, 3.05) is 18.5 Å². The Labute approximate surface area is 235 Å². The van der Waals surface area contributed by atoms with E-state index >= 15 is 0 Å². The molecule has 9 heteroatoms. The highest BCUT2D eigenvalue weighted by molar-refractivity contribution is 6.08. The number of fused-ring (bicyclic) bond motifs is 1. The number of ether oxygens (including phenoxy) is 1. The van der Waals surface area contributed by atoms with E-state index in [-0.39, 0.29) is 18.6 Å². The maximum Gasteiger partial charge on any atom is 0.416 e. The number of benzene rings is 3. The Morgan fingerprint density at radius 2 is 1.76 bits per heavy atom. The molecule has 212 valence electrons. The molecule has 1 N–H and O–H groups in total. The van der Waals surface area contributed by atoms with Gasteiger partial charge in [-0.1, -0.05) is 36.4 Å². The summed E-state index contributed by atoms with van der Waals surface area (Å²) in [7, 11) is 0. The number of amides is 1. The third-order valence-electron chi connectivity index (χ3n) is 7.32. The van der Waals surface area contributed by atoms with E-state index in [1.807, 2.05) is 25.1 Å². The van der Waals surface area contributed by atoms with Crippen molar-refractivity contribution in [2.45, 2.75) is 39.0 Å². The first-order chi connectivity index (χ1) is 19.7. The normalized spacial score (nSPS) is 14.3. The van der Waals surface area contributed by atoms with E-state index in [4.69, 9.17) is 9.15 Å². The van der Waals surface area contributed by atoms with Gasteiger partial charge in [-0.3, -0.25) is 9.69 Å². The number of nitrogens with one attached hydrogen (secondary N) is 1. The summed E-state index contributed by atoms with van der Waals surface area (Å²) in [6.45, 7) is 5.41. The summed E-state index contributed by atoms with van der Waals surface area (Å²) in [6, 6.07) is 18.9. The van der Waals surface area contributed by atoms with Crippen molar-refractivity contribution in [2.24, 2.45) is 0 Å². The van der Waals surface area contributed by atoms with Crippen molar-refractivity contribution >= 4 is 17.6 Å². The monoisotopic (exact) mass is 562 g/mol.